The zero-order chi connectivity index (χ0) is 12.7. The molecule has 3 heteroatoms. The van der Waals surface area contributed by atoms with E-state index < -0.39 is 0 Å². The molecular formula is C14H20ClNO. The van der Waals surface area contributed by atoms with Crippen LogP contribution in [0.25, 0.3) is 0 Å². The van der Waals surface area contributed by atoms with Gasteiger partial charge in [0, 0.05) is 11.9 Å². The second-order valence-corrected chi connectivity index (χ2v) is 5.18. The second-order valence-electron chi connectivity index (χ2n) is 4.44. The first kappa shape index (κ1) is 14.0. The summed E-state index contributed by atoms with van der Waals surface area (Å²) in [6.07, 6.45) is 2.33. The van der Waals surface area contributed by atoms with Crippen LogP contribution in [-0.2, 0) is 11.2 Å². The molecule has 0 saturated carbocycles. The fraction of sp³-hybridized carbons (Fsp3) is 0.500. The molecule has 0 spiro atoms. The van der Waals surface area contributed by atoms with E-state index >= 15 is 0 Å². The molecule has 0 heterocycles. The molecule has 2 nitrogen and oxygen atoms in total. The number of aryl methyl sites for hydroxylation is 1. The number of benzene rings is 1. The van der Waals surface area contributed by atoms with Crippen LogP contribution in [0.5, 0.6) is 0 Å². The lowest BCUT2D eigenvalue weighted by Crippen LogP contribution is -2.26. The van der Waals surface area contributed by atoms with Crippen molar-refractivity contribution in [1.82, 2.24) is 5.32 Å². The summed E-state index contributed by atoms with van der Waals surface area (Å²) in [4.78, 5) is 11.6. The third-order valence-corrected chi connectivity index (χ3v) is 2.77. The van der Waals surface area contributed by atoms with Gasteiger partial charge in [-0.2, -0.15) is 0 Å². The summed E-state index contributed by atoms with van der Waals surface area (Å²) in [5.74, 6) is 0.0813. The average molecular weight is 254 g/mol. The van der Waals surface area contributed by atoms with Gasteiger partial charge in [-0.3, -0.25) is 4.79 Å². The zero-order valence-electron chi connectivity index (χ0n) is 10.5. The summed E-state index contributed by atoms with van der Waals surface area (Å²) in [6.45, 7) is 4.71. The Morgan fingerprint density at radius 3 is 2.88 bits per heavy atom. The lowest BCUT2D eigenvalue weighted by molar-refractivity contribution is -0.120. The number of alkyl halides is 1. The van der Waals surface area contributed by atoms with Gasteiger partial charge in [0.2, 0.25) is 5.91 Å². The predicted molar refractivity (Wildman–Crippen MR) is 72.4 cm³/mol. The van der Waals surface area contributed by atoms with Crippen molar-refractivity contribution < 1.29 is 4.79 Å². The SMILES string of the molecule is Cc1cccc(CC(=O)NCCCC(C)Cl)c1. The van der Waals surface area contributed by atoms with Crippen LogP contribution in [0.1, 0.15) is 30.9 Å². The summed E-state index contributed by atoms with van der Waals surface area (Å²) in [5, 5.41) is 3.09. The third kappa shape index (κ3) is 6.32. The Balaban J connectivity index is 2.25. The first-order chi connectivity index (χ1) is 8.08. The van der Waals surface area contributed by atoms with Crippen molar-refractivity contribution in [3.8, 4) is 0 Å². The fourth-order valence-electron chi connectivity index (χ4n) is 1.68. The summed E-state index contributed by atoms with van der Waals surface area (Å²) in [6, 6.07) is 8.03. The lowest BCUT2D eigenvalue weighted by atomic mass is 10.1. The Bertz CT molecular complexity index is 363. The van der Waals surface area contributed by atoms with Gasteiger partial charge in [-0.05, 0) is 32.3 Å². The van der Waals surface area contributed by atoms with E-state index in [1.54, 1.807) is 0 Å². The Labute approximate surface area is 108 Å². The molecule has 0 bridgehead atoms. The van der Waals surface area contributed by atoms with Crippen molar-refractivity contribution in [3.63, 3.8) is 0 Å². The lowest BCUT2D eigenvalue weighted by Gasteiger charge is -2.06. The van der Waals surface area contributed by atoms with Crippen molar-refractivity contribution in [1.29, 1.82) is 0 Å². The largest absolute Gasteiger partial charge is 0.356 e. The minimum absolute atomic E-state index is 0.0813. The number of amides is 1. The molecule has 1 amide bonds. The molecule has 0 aliphatic heterocycles. The van der Waals surface area contributed by atoms with Crippen LogP contribution < -0.4 is 5.32 Å². The molecule has 0 radical (unpaired) electrons. The molecule has 1 atom stereocenters. The van der Waals surface area contributed by atoms with Gasteiger partial charge in [-0.15, -0.1) is 11.6 Å². The van der Waals surface area contributed by atoms with Crippen LogP contribution in [0.15, 0.2) is 24.3 Å². The van der Waals surface area contributed by atoms with Gasteiger partial charge >= 0.3 is 0 Å². The van der Waals surface area contributed by atoms with E-state index in [4.69, 9.17) is 11.6 Å². The minimum atomic E-state index is 0.0813. The smallest absolute Gasteiger partial charge is 0.224 e. The maximum absolute atomic E-state index is 11.6. The van der Waals surface area contributed by atoms with Gasteiger partial charge in [-0.1, -0.05) is 29.8 Å². The molecule has 1 aromatic rings. The molecule has 17 heavy (non-hydrogen) atoms. The summed E-state index contributed by atoms with van der Waals surface area (Å²) >= 11 is 5.83. The monoisotopic (exact) mass is 253 g/mol. The molecule has 0 aliphatic carbocycles. The second kappa shape index (κ2) is 7.33. The highest BCUT2D eigenvalue weighted by molar-refractivity contribution is 6.20. The molecule has 1 rings (SSSR count). The molecule has 94 valence electrons. The fourth-order valence-corrected chi connectivity index (χ4v) is 1.84. The maximum atomic E-state index is 11.6. The van der Waals surface area contributed by atoms with E-state index in [9.17, 15) is 4.79 Å². The van der Waals surface area contributed by atoms with Crippen LogP contribution >= 0.6 is 11.6 Å². The minimum Gasteiger partial charge on any atom is -0.356 e. The van der Waals surface area contributed by atoms with Crippen LogP contribution in [0.4, 0.5) is 0 Å². The van der Waals surface area contributed by atoms with E-state index in [1.807, 2.05) is 38.1 Å². The normalized spacial score (nSPS) is 12.2. The number of hydrogen-bond acceptors (Lipinski definition) is 1. The first-order valence-electron chi connectivity index (χ1n) is 6.04. The van der Waals surface area contributed by atoms with E-state index in [2.05, 4.69) is 5.32 Å². The highest BCUT2D eigenvalue weighted by Crippen LogP contribution is 2.05. The number of rotatable bonds is 6. The molecule has 0 aliphatic rings. The van der Waals surface area contributed by atoms with Crippen molar-refractivity contribution in [2.24, 2.45) is 0 Å². The van der Waals surface area contributed by atoms with E-state index in [0.717, 1.165) is 18.4 Å². The first-order valence-corrected chi connectivity index (χ1v) is 6.48. The number of halogens is 1. The zero-order valence-corrected chi connectivity index (χ0v) is 11.3. The van der Waals surface area contributed by atoms with Gasteiger partial charge in [0.05, 0.1) is 6.42 Å². The third-order valence-electron chi connectivity index (χ3n) is 2.55. The average Bonchev–Trinajstić information content (AvgIpc) is 2.24. The Morgan fingerprint density at radius 1 is 1.47 bits per heavy atom. The van der Waals surface area contributed by atoms with Crippen molar-refractivity contribution in [2.75, 3.05) is 6.54 Å². The number of carbonyl (C=O) groups is 1. The molecule has 1 N–H and O–H groups in total. The van der Waals surface area contributed by atoms with Crippen LogP contribution in [0, 0.1) is 6.92 Å². The van der Waals surface area contributed by atoms with Gasteiger partial charge in [0.25, 0.3) is 0 Å². The van der Waals surface area contributed by atoms with Crippen LogP contribution in [-0.4, -0.2) is 17.8 Å². The Kier molecular flexibility index (Phi) is 6.06. The van der Waals surface area contributed by atoms with Crippen molar-refractivity contribution >= 4 is 17.5 Å². The van der Waals surface area contributed by atoms with Gasteiger partial charge in [0.15, 0.2) is 0 Å². The van der Waals surface area contributed by atoms with Crippen LogP contribution in [0.3, 0.4) is 0 Å². The molecule has 1 aromatic carbocycles. The highest BCUT2D eigenvalue weighted by atomic mass is 35.5. The van der Waals surface area contributed by atoms with Gasteiger partial charge in [0.1, 0.15) is 0 Å². The number of nitrogens with one attached hydrogen (secondary N) is 1. The summed E-state index contributed by atoms with van der Waals surface area (Å²) in [7, 11) is 0. The summed E-state index contributed by atoms with van der Waals surface area (Å²) < 4.78 is 0. The van der Waals surface area contributed by atoms with Crippen LogP contribution in [0.2, 0.25) is 0 Å². The Hall–Kier alpha value is -1.02. The number of carbonyl (C=O) groups excluding carboxylic acids is 1. The molecular weight excluding hydrogens is 234 g/mol. The van der Waals surface area contributed by atoms with Gasteiger partial charge < -0.3 is 5.32 Å². The molecule has 1 unspecified atom stereocenters. The maximum Gasteiger partial charge on any atom is 0.224 e. The molecule has 0 saturated heterocycles. The quantitative estimate of drug-likeness (QED) is 0.613. The van der Waals surface area contributed by atoms with Crippen molar-refractivity contribution in [3.05, 3.63) is 35.4 Å². The van der Waals surface area contributed by atoms with E-state index in [0.29, 0.717) is 13.0 Å². The van der Waals surface area contributed by atoms with E-state index in [1.165, 1.54) is 5.56 Å². The molecule has 0 aromatic heterocycles. The van der Waals surface area contributed by atoms with Gasteiger partial charge in [-0.25, -0.2) is 0 Å². The highest BCUT2D eigenvalue weighted by Gasteiger charge is 2.03. The van der Waals surface area contributed by atoms with Crippen molar-refractivity contribution in [2.45, 2.75) is 38.5 Å². The topological polar surface area (TPSA) is 29.1 Å². The summed E-state index contributed by atoms with van der Waals surface area (Å²) in [5.41, 5.74) is 2.25. The standard InChI is InChI=1S/C14H20ClNO/c1-11-5-3-7-13(9-11)10-14(17)16-8-4-6-12(2)15/h3,5,7,9,12H,4,6,8,10H2,1-2H3,(H,16,17). The number of hydrogen-bond donors (Lipinski definition) is 1. The Morgan fingerprint density at radius 2 is 2.24 bits per heavy atom. The predicted octanol–water partition coefficient (Wildman–Crippen LogP) is 3.06. The molecule has 0 fully saturated rings. The van der Waals surface area contributed by atoms with E-state index in [-0.39, 0.29) is 11.3 Å².